The number of amides is 12. The van der Waals surface area contributed by atoms with E-state index < -0.39 is 151 Å². The fourth-order valence-electron chi connectivity index (χ4n) is 12.7. The largest absolute Gasteiger partial charge is 0.395 e. The van der Waals surface area contributed by atoms with Crippen LogP contribution < -0.4 is 81.4 Å². The Bertz CT molecular complexity index is 4430. The highest BCUT2D eigenvalue weighted by atomic mass is 33.1. The summed E-state index contributed by atoms with van der Waals surface area (Å²) in [6.45, 7) is 4.59. The minimum Gasteiger partial charge on any atom is -0.395 e. The van der Waals surface area contributed by atoms with E-state index in [2.05, 4.69) is 63.5 Å². The SMILES string of the molecule is CNC(=O)c1ccccc1Sc1ccc2c(/C=C/c3ccccn3)nn(C(=O)N(CCOCc3ccccc3CSSCCO)CCC(=O)N[C@H](C(=O)N[C@H](CCCN)C(=O)N[C@H]3CCNC(=O)[C@@H]([C@@H](C)O)NC(=O)[C@@H](CCN)NC(=O)[C@@H](CCN)NC(=O)[C@@H](CC(C)C)NC(=O)[C@@H](Cc4ccccc4)NC(=O)[C@@H](CCN)NC3=O)[C@@H](C)O)c2c1. The van der Waals surface area contributed by atoms with Crippen LogP contribution in [0.5, 0.6) is 0 Å². The molecule has 0 saturated carbocycles. The van der Waals surface area contributed by atoms with Crippen molar-refractivity contribution in [3.05, 3.63) is 155 Å². The first-order chi connectivity index (χ1) is 57.7. The molecule has 1 aliphatic heterocycles. The number of carbonyl (C=O) groups excluding carboxylic acids is 12. The predicted octanol–water partition coefficient (Wildman–Crippen LogP) is 0.582. The van der Waals surface area contributed by atoms with Crippen LogP contribution in [0.15, 0.2) is 131 Å². The number of benzene rings is 4. The average molecular weight is 1720 g/mol. The van der Waals surface area contributed by atoms with Crippen LogP contribution in [0.2, 0.25) is 0 Å². The van der Waals surface area contributed by atoms with Gasteiger partial charge in [-0.2, -0.15) is 9.78 Å². The summed E-state index contributed by atoms with van der Waals surface area (Å²) in [5.74, 6) is -8.88. The highest BCUT2D eigenvalue weighted by Crippen LogP contribution is 2.34. The smallest absolute Gasteiger partial charge is 0.345 e. The summed E-state index contributed by atoms with van der Waals surface area (Å²) in [5.41, 5.74) is 28.1. The van der Waals surface area contributed by atoms with Crippen LogP contribution in [-0.4, -0.2) is 244 Å². The van der Waals surface area contributed by atoms with Gasteiger partial charge in [0.15, 0.2) is 0 Å². The van der Waals surface area contributed by atoms with Gasteiger partial charge in [-0.05, 0) is 162 Å². The monoisotopic (exact) mass is 1720 g/mol. The molecule has 2 aromatic heterocycles. The third-order valence-electron chi connectivity index (χ3n) is 19.1. The Labute approximate surface area is 709 Å². The zero-order valence-corrected chi connectivity index (χ0v) is 70.4. The van der Waals surface area contributed by atoms with Crippen LogP contribution >= 0.6 is 33.3 Å². The van der Waals surface area contributed by atoms with Crippen molar-refractivity contribution in [2.45, 2.75) is 174 Å². The minimum absolute atomic E-state index is 0.0215. The normalized spacial score (nSPS) is 19.1. The van der Waals surface area contributed by atoms with Crippen molar-refractivity contribution in [2.24, 2.45) is 28.9 Å². The molecule has 35 nitrogen and oxygen atoms in total. The van der Waals surface area contributed by atoms with Crippen molar-refractivity contribution >= 4 is 127 Å². The summed E-state index contributed by atoms with van der Waals surface area (Å²) in [6, 6.07) is 19.3. The Morgan fingerprint density at radius 3 is 1.92 bits per heavy atom. The molecule has 22 N–H and O–H groups in total. The first-order valence-corrected chi connectivity index (χ1v) is 43.1. The molecule has 12 amide bonds. The van der Waals surface area contributed by atoms with Crippen LogP contribution in [0.1, 0.15) is 117 Å². The highest BCUT2D eigenvalue weighted by Gasteiger charge is 2.38. The van der Waals surface area contributed by atoms with Crippen molar-refractivity contribution in [3.8, 4) is 0 Å². The third-order valence-corrected chi connectivity index (χ3v) is 22.5. The Balaban J connectivity index is 1.18. The van der Waals surface area contributed by atoms with Gasteiger partial charge in [-0.25, -0.2) is 4.79 Å². The molecule has 650 valence electrons. The number of nitrogens with two attached hydrogens (primary N) is 4. The van der Waals surface area contributed by atoms with Crippen LogP contribution in [0.3, 0.4) is 0 Å². The summed E-state index contributed by atoms with van der Waals surface area (Å²) in [6.07, 6.45) is -0.0598. The summed E-state index contributed by atoms with van der Waals surface area (Å²) in [7, 11) is 4.63. The van der Waals surface area contributed by atoms with Gasteiger partial charge in [-0.1, -0.05) is 120 Å². The van der Waals surface area contributed by atoms with Gasteiger partial charge in [0.05, 0.1) is 54.5 Å². The van der Waals surface area contributed by atoms with E-state index in [-0.39, 0.29) is 116 Å². The van der Waals surface area contributed by atoms with Crippen molar-refractivity contribution in [1.29, 1.82) is 0 Å². The third kappa shape index (κ3) is 30.4. The highest BCUT2D eigenvalue weighted by molar-refractivity contribution is 8.76. The molecule has 38 heteroatoms. The van der Waals surface area contributed by atoms with E-state index in [9.17, 15) is 68.1 Å². The number of hydrogen-bond acceptors (Lipinski definition) is 25. The molecule has 0 radical (unpaired) electrons. The predicted molar refractivity (Wildman–Crippen MR) is 458 cm³/mol. The van der Waals surface area contributed by atoms with E-state index in [1.54, 1.807) is 122 Å². The molecule has 0 spiro atoms. The molecule has 1 saturated heterocycles. The summed E-state index contributed by atoms with van der Waals surface area (Å²) >= 11 is 1.29. The van der Waals surface area contributed by atoms with Crippen LogP contribution in [0.4, 0.5) is 4.79 Å². The Morgan fingerprint density at radius 1 is 0.667 bits per heavy atom. The lowest BCUT2D eigenvalue weighted by Crippen LogP contribution is -2.61. The van der Waals surface area contributed by atoms with Crippen LogP contribution in [-0.2, 0) is 71.5 Å². The maximum atomic E-state index is 15.4. The first kappa shape index (κ1) is 96.7. The quantitative estimate of drug-likeness (QED) is 0.0186. The lowest BCUT2D eigenvalue weighted by Gasteiger charge is -2.28. The van der Waals surface area contributed by atoms with Crippen molar-refractivity contribution in [1.82, 2.24) is 78.1 Å². The second-order valence-corrected chi connectivity index (χ2v) is 32.6. The molecule has 1 aliphatic rings. The molecule has 0 aliphatic carbocycles. The number of aromatic nitrogens is 3. The molecule has 1 fully saturated rings. The fraction of sp³-hybridized carbons (Fsp3) is 0.463. The van der Waals surface area contributed by atoms with E-state index >= 15 is 4.79 Å². The molecular formula is C82H113N19O16S3. The standard InChI is InChI=1S/C82H113N19O16S3/c1-49(2)44-65-78(112)92-61(28-34-84)74(108)91-63(30-36-86)77(111)98-70(50(3)103)80(114)89-38-31-64(76(110)90-62(29-35-85)75(109)96-66(79(113)95-65)45-52-16-7-6-8-17-52)93-73(107)60(22-15-33-83)94-81(115)71(51(4)104)97-69(105)32-39-100(40-42-117-47-53-18-9-10-19-54(53)48-119-118-43-41-102)82(116)101-67-46-56(120-68-23-12-11-21-58(68)72(106)87-5)25-26-57(67)59(99-101)27-24-55-20-13-14-37-88-55/h6-14,16-21,23-27,37,46,49-51,60-66,70-71,102-104H,15,22,28-36,38-45,47-48,83-86H2,1-5H3,(H,87,106)(H,89,114)(H,90,110)(H,91,108)(H,92,112)(H,93,107)(H,94,115)(H,95,113)(H,96,109)(H,97,105)(H,98,111)/b27-24+/t50-,51-,60-,61-,62-,63-,64+,65-,66-,70-,71+/m1/s1. The molecule has 4 aromatic carbocycles. The molecule has 6 aromatic rings. The zero-order valence-electron chi connectivity index (χ0n) is 68.0. The van der Waals surface area contributed by atoms with E-state index in [0.717, 1.165) is 11.1 Å². The second-order valence-electron chi connectivity index (χ2n) is 28.9. The van der Waals surface area contributed by atoms with Crippen molar-refractivity contribution in [3.63, 3.8) is 0 Å². The molecular weight excluding hydrogens is 1600 g/mol. The Hall–Kier alpha value is -10.4. The number of ether oxygens (including phenoxy) is 1. The van der Waals surface area contributed by atoms with Gasteiger partial charge in [-0.3, -0.25) is 57.7 Å². The first-order valence-electron chi connectivity index (χ1n) is 39.8. The van der Waals surface area contributed by atoms with Crippen LogP contribution in [0.25, 0.3) is 23.1 Å². The lowest BCUT2D eigenvalue weighted by atomic mass is 10.00. The maximum absolute atomic E-state index is 15.4. The number of carbonyl (C=O) groups is 12. The van der Waals surface area contributed by atoms with Gasteiger partial charge in [0, 0.05) is 72.4 Å². The Kier molecular flexibility index (Phi) is 40.8. The number of nitrogens with one attached hydrogen (secondary N) is 11. The molecule has 3 heterocycles. The molecule has 7 rings (SSSR count). The van der Waals surface area contributed by atoms with E-state index in [0.29, 0.717) is 54.7 Å². The van der Waals surface area contributed by atoms with Crippen molar-refractivity contribution < 1.29 is 77.6 Å². The van der Waals surface area contributed by atoms with E-state index in [1.807, 2.05) is 36.4 Å². The van der Waals surface area contributed by atoms with Crippen LogP contribution in [0, 0.1) is 5.92 Å². The average Bonchev–Trinajstić information content (AvgIpc) is 1.62. The fourth-order valence-corrected chi connectivity index (χ4v) is 15.6. The van der Waals surface area contributed by atoms with Gasteiger partial charge in [-0.15, -0.1) is 0 Å². The van der Waals surface area contributed by atoms with Crippen molar-refractivity contribution in [2.75, 3.05) is 71.8 Å². The number of rotatable bonds is 38. The molecule has 11 atom stereocenters. The minimum atomic E-state index is -1.79. The number of pyridine rings is 1. The maximum Gasteiger partial charge on any atom is 0.345 e. The Morgan fingerprint density at radius 2 is 1.28 bits per heavy atom. The number of aliphatic hydroxyl groups is 3. The number of hydrogen-bond donors (Lipinski definition) is 18. The number of aliphatic hydroxyl groups excluding tert-OH is 3. The number of fused-ring (bicyclic) bond motifs is 1. The topological polar surface area (TPSA) is 545 Å². The van der Waals surface area contributed by atoms with Gasteiger partial charge in [0.25, 0.3) is 5.91 Å². The summed E-state index contributed by atoms with van der Waals surface area (Å²) in [5, 5.41) is 65.7. The molecule has 120 heavy (non-hydrogen) atoms. The van der Waals surface area contributed by atoms with E-state index in [4.69, 9.17) is 32.8 Å². The van der Waals surface area contributed by atoms with Gasteiger partial charge < -0.3 is 106 Å². The van der Waals surface area contributed by atoms with E-state index in [1.165, 1.54) is 53.0 Å². The second kappa shape index (κ2) is 50.6. The zero-order chi connectivity index (χ0) is 87.2. The van der Waals surface area contributed by atoms with Gasteiger partial charge in [0.1, 0.15) is 54.4 Å². The molecule has 0 unspecified atom stereocenters. The summed E-state index contributed by atoms with van der Waals surface area (Å²) < 4.78 is 7.47. The molecule has 0 bridgehead atoms. The van der Waals surface area contributed by atoms with Gasteiger partial charge in [0.2, 0.25) is 59.1 Å². The van der Waals surface area contributed by atoms with Gasteiger partial charge >= 0.3 is 6.03 Å². The number of nitrogens with zero attached hydrogens (tertiary/aromatic N) is 4. The lowest BCUT2D eigenvalue weighted by molar-refractivity contribution is -0.136. The summed E-state index contributed by atoms with van der Waals surface area (Å²) in [4.78, 5) is 180.